The molecule has 0 amide bonds. The van der Waals surface area contributed by atoms with Gasteiger partial charge in [0.05, 0.1) is 6.21 Å². The monoisotopic (exact) mass is 201 g/mol. The van der Waals surface area contributed by atoms with Crippen LogP contribution in [0.5, 0.6) is 0 Å². The number of aryl methyl sites for hydroxylation is 1. The Labute approximate surface area is 87.6 Å². The zero-order valence-corrected chi connectivity index (χ0v) is 8.34. The van der Waals surface area contributed by atoms with Gasteiger partial charge in [0.2, 0.25) is 0 Å². The summed E-state index contributed by atoms with van der Waals surface area (Å²) >= 11 is 0. The van der Waals surface area contributed by atoms with Crippen molar-refractivity contribution in [2.24, 2.45) is 5.10 Å². The van der Waals surface area contributed by atoms with Crippen LogP contribution in [0.3, 0.4) is 0 Å². The maximum Gasteiger partial charge on any atom is 0.147 e. The molecule has 15 heavy (non-hydrogen) atoms. The molecule has 0 aliphatic carbocycles. The van der Waals surface area contributed by atoms with Crippen LogP contribution in [0.2, 0.25) is 0 Å². The molecule has 1 N–H and O–H groups in total. The minimum absolute atomic E-state index is 0.706. The molecule has 0 atom stereocenters. The Balaban J connectivity index is 1.96. The molecular formula is C11H11N3O. The van der Waals surface area contributed by atoms with Gasteiger partial charge in [0.1, 0.15) is 17.3 Å². The standard InChI is InChI=1S/C11H11N3O/c1-9-5-6-10(15-9)8-13-14-11-4-2-3-7-12-11/h2-8H,1H3,(H,12,14). The number of aromatic nitrogens is 1. The van der Waals surface area contributed by atoms with E-state index in [1.54, 1.807) is 12.4 Å². The first-order valence-electron chi connectivity index (χ1n) is 4.61. The third-order valence-corrected chi connectivity index (χ3v) is 1.80. The number of hydrazone groups is 1. The maximum absolute atomic E-state index is 5.31. The van der Waals surface area contributed by atoms with E-state index >= 15 is 0 Å². The second-order valence-electron chi connectivity index (χ2n) is 3.03. The summed E-state index contributed by atoms with van der Waals surface area (Å²) < 4.78 is 5.31. The maximum atomic E-state index is 5.31. The molecule has 2 aromatic rings. The highest BCUT2D eigenvalue weighted by Gasteiger charge is 1.93. The molecule has 0 aliphatic rings. The average molecular weight is 201 g/mol. The zero-order chi connectivity index (χ0) is 10.5. The predicted molar refractivity (Wildman–Crippen MR) is 58.9 cm³/mol. The summed E-state index contributed by atoms with van der Waals surface area (Å²) in [5, 5.41) is 3.99. The molecule has 4 heteroatoms. The van der Waals surface area contributed by atoms with E-state index in [4.69, 9.17) is 4.42 Å². The Bertz CT molecular complexity index is 448. The normalized spacial score (nSPS) is 10.7. The molecular weight excluding hydrogens is 190 g/mol. The summed E-state index contributed by atoms with van der Waals surface area (Å²) in [7, 11) is 0. The smallest absolute Gasteiger partial charge is 0.147 e. The molecule has 76 valence electrons. The van der Waals surface area contributed by atoms with E-state index in [1.165, 1.54) is 0 Å². The van der Waals surface area contributed by atoms with Gasteiger partial charge in [0.25, 0.3) is 0 Å². The van der Waals surface area contributed by atoms with E-state index in [0.717, 1.165) is 11.5 Å². The van der Waals surface area contributed by atoms with Crippen LogP contribution in [-0.4, -0.2) is 11.2 Å². The van der Waals surface area contributed by atoms with Crippen molar-refractivity contribution < 1.29 is 4.42 Å². The topological polar surface area (TPSA) is 50.4 Å². The molecule has 0 aliphatic heterocycles. The van der Waals surface area contributed by atoms with Crippen LogP contribution in [0.15, 0.2) is 46.0 Å². The SMILES string of the molecule is Cc1ccc(C=NNc2ccccn2)o1. The molecule has 0 aromatic carbocycles. The molecule has 2 rings (SSSR count). The summed E-state index contributed by atoms with van der Waals surface area (Å²) in [5.41, 5.74) is 2.80. The Kier molecular flexibility index (Phi) is 2.78. The van der Waals surface area contributed by atoms with Gasteiger partial charge in [0, 0.05) is 6.20 Å². The molecule has 0 unspecified atom stereocenters. The van der Waals surface area contributed by atoms with Crippen LogP contribution in [0.25, 0.3) is 0 Å². The molecule has 4 nitrogen and oxygen atoms in total. The lowest BCUT2D eigenvalue weighted by Gasteiger charge is -1.95. The van der Waals surface area contributed by atoms with Crippen molar-refractivity contribution in [2.45, 2.75) is 6.92 Å². The van der Waals surface area contributed by atoms with E-state index in [-0.39, 0.29) is 0 Å². The van der Waals surface area contributed by atoms with E-state index in [1.807, 2.05) is 37.3 Å². The van der Waals surface area contributed by atoms with Gasteiger partial charge in [-0.2, -0.15) is 5.10 Å². The first kappa shape index (κ1) is 9.45. The van der Waals surface area contributed by atoms with Crippen LogP contribution in [0.1, 0.15) is 11.5 Å². The first-order chi connectivity index (χ1) is 7.34. The van der Waals surface area contributed by atoms with Crippen LogP contribution in [0, 0.1) is 6.92 Å². The number of hydrogen-bond acceptors (Lipinski definition) is 4. The van der Waals surface area contributed by atoms with Gasteiger partial charge in [-0.1, -0.05) is 6.07 Å². The second-order valence-corrected chi connectivity index (χ2v) is 3.03. The minimum atomic E-state index is 0.706. The van der Waals surface area contributed by atoms with Gasteiger partial charge in [0.15, 0.2) is 0 Å². The highest BCUT2D eigenvalue weighted by Crippen LogP contribution is 2.04. The van der Waals surface area contributed by atoms with Gasteiger partial charge >= 0.3 is 0 Å². The van der Waals surface area contributed by atoms with Gasteiger partial charge in [-0.3, -0.25) is 5.43 Å². The number of rotatable bonds is 3. The lowest BCUT2D eigenvalue weighted by Crippen LogP contribution is -1.91. The summed E-state index contributed by atoms with van der Waals surface area (Å²) in [4.78, 5) is 4.06. The average Bonchev–Trinajstić information content (AvgIpc) is 2.66. The summed E-state index contributed by atoms with van der Waals surface area (Å²) in [6.45, 7) is 1.89. The Morgan fingerprint density at radius 1 is 1.33 bits per heavy atom. The van der Waals surface area contributed by atoms with Crippen LogP contribution < -0.4 is 5.43 Å². The van der Waals surface area contributed by atoms with Gasteiger partial charge in [-0.05, 0) is 31.2 Å². The molecule has 2 aromatic heterocycles. The fraction of sp³-hybridized carbons (Fsp3) is 0.0909. The minimum Gasteiger partial charge on any atom is -0.460 e. The van der Waals surface area contributed by atoms with E-state index in [0.29, 0.717) is 5.82 Å². The fourth-order valence-corrected chi connectivity index (χ4v) is 1.11. The lowest BCUT2D eigenvalue weighted by atomic mass is 10.4. The number of nitrogens with zero attached hydrogens (tertiary/aromatic N) is 2. The van der Waals surface area contributed by atoms with Crippen molar-refractivity contribution in [3.05, 3.63) is 48.0 Å². The largest absolute Gasteiger partial charge is 0.460 e. The van der Waals surface area contributed by atoms with E-state index in [9.17, 15) is 0 Å². The fourth-order valence-electron chi connectivity index (χ4n) is 1.11. The number of nitrogens with one attached hydrogen (secondary N) is 1. The molecule has 0 spiro atoms. The van der Waals surface area contributed by atoms with E-state index in [2.05, 4.69) is 15.5 Å². The summed E-state index contributed by atoms with van der Waals surface area (Å²) in [6, 6.07) is 9.33. The number of furan rings is 1. The Morgan fingerprint density at radius 3 is 2.93 bits per heavy atom. The predicted octanol–water partition coefficient (Wildman–Crippen LogP) is 2.43. The van der Waals surface area contributed by atoms with Crippen molar-refractivity contribution >= 4 is 12.0 Å². The third-order valence-electron chi connectivity index (χ3n) is 1.80. The molecule has 2 heterocycles. The van der Waals surface area contributed by atoms with Crippen LogP contribution in [0.4, 0.5) is 5.82 Å². The number of hydrogen-bond donors (Lipinski definition) is 1. The Hall–Kier alpha value is -2.10. The van der Waals surface area contributed by atoms with Crippen LogP contribution in [-0.2, 0) is 0 Å². The highest BCUT2D eigenvalue weighted by atomic mass is 16.3. The molecule has 0 radical (unpaired) electrons. The molecule has 0 saturated carbocycles. The zero-order valence-electron chi connectivity index (χ0n) is 8.34. The summed E-state index contributed by atoms with van der Waals surface area (Å²) in [5.74, 6) is 2.29. The van der Waals surface area contributed by atoms with Gasteiger partial charge in [-0.25, -0.2) is 4.98 Å². The van der Waals surface area contributed by atoms with Gasteiger partial charge in [-0.15, -0.1) is 0 Å². The van der Waals surface area contributed by atoms with Crippen LogP contribution >= 0.6 is 0 Å². The van der Waals surface area contributed by atoms with Crippen molar-refractivity contribution in [3.8, 4) is 0 Å². The van der Waals surface area contributed by atoms with Gasteiger partial charge < -0.3 is 4.42 Å². The lowest BCUT2D eigenvalue weighted by molar-refractivity contribution is 0.528. The van der Waals surface area contributed by atoms with Crippen molar-refractivity contribution in [1.29, 1.82) is 0 Å². The Morgan fingerprint density at radius 2 is 2.27 bits per heavy atom. The highest BCUT2D eigenvalue weighted by molar-refractivity contribution is 5.76. The van der Waals surface area contributed by atoms with Crippen molar-refractivity contribution in [2.75, 3.05) is 5.43 Å². The molecule has 0 fully saturated rings. The first-order valence-corrected chi connectivity index (χ1v) is 4.61. The second kappa shape index (κ2) is 4.41. The number of pyridine rings is 1. The quantitative estimate of drug-likeness (QED) is 0.613. The van der Waals surface area contributed by atoms with E-state index < -0.39 is 0 Å². The summed E-state index contributed by atoms with van der Waals surface area (Å²) in [6.07, 6.45) is 3.32. The number of anilines is 1. The molecule has 0 saturated heterocycles. The molecule has 0 bridgehead atoms. The van der Waals surface area contributed by atoms with Crippen molar-refractivity contribution in [3.63, 3.8) is 0 Å². The van der Waals surface area contributed by atoms with Crippen molar-refractivity contribution in [1.82, 2.24) is 4.98 Å². The third kappa shape index (κ3) is 2.67.